The van der Waals surface area contributed by atoms with Gasteiger partial charge >= 0.3 is 0 Å². The van der Waals surface area contributed by atoms with Crippen molar-refractivity contribution in [2.75, 3.05) is 5.75 Å². The van der Waals surface area contributed by atoms with Crippen LogP contribution < -0.4 is 5.32 Å². The summed E-state index contributed by atoms with van der Waals surface area (Å²) in [6, 6.07) is -0.964. The van der Waals surface area contributed by atoms with Gasteiger partial charge in [-0.15, -0.1) is 0 Å². The average molecular weight is 730 g/mol. The van der Waals surface area contributed by atoms with E-state index in [1.165, 1.54) is 186 Å². The predicted octanol–water partition coefficient (Wildman–Crippen LogP) is 13.2. The molecule has 2 unspecified atom stereocenters. The molecule has 2 atom stereocenters. The maximum atomic E-state index is 12.5. The summed E-state index contributed by atoms with van der Waals surface area (Å²) in [6.45, 7) is 4.54. The third-order valence-corrected chi connectivity index (χ3v) is 11.3. The topological polar surface area (TPSA) is 104 Å². The van der Waals surface area contributed by atoms with Crippen LogP contribution in [0.3, 0.4) is 0 Å². The largest absolute Gasteiger partial charge is 0.391 e. The van der Waals surface area contributed by atoms with Gasteiger partial charge in [0.05, 0.1) is 17.9 Å². The van der Waals surface area contributed by atoms with Gasteiger partial charge < -0.3 is 10.4 Å². The van der Waals surface area contributed by atoms with Crippen molar-refractivity contribution < 1.29 is 22.9 Å². The van der Waals surface area contributed by atoms with Gasteiger partial charge in [-0.3, -0.25) is 9.35 Å². The number of aliphatic hydroxyl groups is 1. The van der Waals surface area contributed by atoms with Crippen LogP contribution in [0, 0.1) is 0 Å². The summed E-state index contributed by atoms with van der Waals surface area (Å²) in [7, 11) is -4.30. The zero-order valence-corrected chi connectivity index (χ0v) is 34.4. The second kappa shape index (κ2) is 38.1. The first-order valence-corrected chi connectivity index (χ1v) is 23.8. The molecule has 0 aromatic heterocycles. The molecule has 0 aromatic rings. The van der Waals surface area contributed by atoms with Crippen molar-refractivity contribution in [3.05, 3.63) is 0 Å². The summed E-state index contributed by atoms with van der Waals surface area (Å²) in [4.78, 5) is 12.5. The Morgan fingerprint density at radius 1 is 0.460 bits per heavy atom. The molecule has 0 fully saturated rings. The minimum atomic E-state index is -4.30. The van der Waals surface area contributed by atoms with E-state index in [2.05, 4.69) is 19.2 Å². The van der Waals surface area contributed by atoms with E-state index in [1.54, 1.807) is 0 Å². The third-order valence-electron chi connectivity index (χ3n) is 10.6. The van der Waals surface area contributed by atoms with E-state index < -0.39 is 28.0 Å². The van der Waals surface area contributed by atoms with Crippen LogP contribution in [-0.4, -0.2) is 41.9 Å². The van der Waals surface area contributed by atoms with Gasteiger partial charge in [0.25, 0.3) is 10.1 Å². The summed E-state index contributed by atoms with van der Waals surface area (Å²) in [5, 5.41) is 13.4. The van der Waals surface area contributed by atoms with Crippen LogP contribution in [0.4, 0.5) is 0 Å². The molecule has 6 nitrogen and oxygen atoms in total. The lowest BCUT2D eigenvalue weighted by Crippen LogP contribution is -2.47. The molecule has 0 heterocycles. The molecule has 0 saturated heterocycles. The second-order valence-corrected chi connectivity index (χ2v) is 17.2. The molecule has 0 saturated carbocycles. The highest BCUT2D eigenvalue weighted by molar-refractivity contribution is 7.85. The van der Waals surface area contributed by atoms with Gasteiger partial charge in [0.1, 0.15) is 0 Å². The van der Waals surface area contributed by atoms with Crippen molar-refractivity contribution in [1.29, 1.82) is 0 Å². The normalized spacial score (nSPS) is 13.1. The van der Waals surface area contributed by atoms with Crippen molar-refractivity contribution in [2.45, 2.75) is 264 Å². The van der Waals surface area contributed by atoms with Crippen LogP contribution in [0.25, 0.3) is 0 Å². The van der Waals surface area contributed by atoms with E-state index in [4.69, 9.17) is 0 Å². The van der Waals surface area contributed by atoms with E-state index >= 15 is 0 Å². The molecule has 1 amide bonds. The van der Waals surface area contributed by atoms with Gasteiger partial charge in [0.2, 0.25) is 5.91 Å². The number of amides is 1. The molecule has 50 heavy (non-hydrogen) atoms. The highest BCUT2D eigenvalue weighted by Crippen LogP contribution is 2.17. The van der Waals surface area contributed by atoms with Gasteiger partial charge in [-0.25, -0.2) is 0 Å². The lowest BCUT2D eigenvalue weighted by atomic mass is 10.0. The van der Waals surface area contributed by atoms with Crippen LogP contribution in [0.1, 0.15) is 251 Å². The average Bonchev–Trinajstić information content (AvgIpc) is 3.08. The van der Waals surface area contributed by atoms with Gasteiger partial charge in [-0.2, -0.15) is 8.42 Å². The Hall–Kier alpha value is -0.660. The molecular weight excluding hydrogens is 643 g/mol. The molecule has 7 heteroatoms. The summed E-state index contributed by atoms with van der Waals surface area (Å²) in [5.41, 5.74) is 0. The van der Waals surface area contributed by atoms with E-state index in [0.717, 1.165) is 38.5 Å². The molecule has 0 radical (unpaired) electrons. The Labute approximate surface area is 312 Å². The minimum absolute atomic E-state index is 0.239. The first-order valence-electron chi connectivity index (χ1n) is 22.2. The van der Waals surface area contributed by atoms with Gasteiger partial charge in [-0.05, 0) is 12.8 Å². The Morgan fingerprint density at radius 3 is 1.00 bits per heavy atom. The van der Waals surface area contributed by atoms with Gasteiger partial charge in [0, 0.05) is 6.42 Å². The molecule has 300 valence electrons. The van der Waals surface area contributed by atoms with Crippen molar-refractivity contribution >= 4 is 16.0 Å². The Bertz CT molecular complexity index is 805. The van der Waals surface area contributed by atoms with E-state index in [1.807, 2.05) is 0 Å². The van der Waals surface area contributed by atoms with E-state index in [0.29, 0.717) is 12.8 Å². The first kappa shape index (κ1) is 49.3. The molecule has 0 spiro atoms. The fourth-order valence-corrected chi connectivity index (χ4v) is 7.98. The van der Waals surface area contributed by atoms with Crippen molar-refractivity contribution in [3.8, 4) is 0 Å². The van der Waals surface area contributed by atoms with Crippen molar-refractivity contribution in [2.24, 2.45) is 0 Å². The molecule has 0 rings (SSSR count). The zero-order chi connectivity index (χ0) is 36.8. The number of nitrogens with one attached hydrogen (secondary N) is 1. The SMILES string of the molecule is CCCCCCCCCCCCCCCCCCCCC(O)C(CS(=O)(=O)O)NC(=O)CCCCCCCCCCCCCCCCCCC. The summed E-state index contributed by atoms with van der Waals surface area (Å²) in [6.07, 6.45) is 44.8. The summed E-state index contributed by atoms with van der Waals surface area (Å²) < 4.78 is 32.6. The molecular formula is C43H87NO5S. The lowest BCUT2D eigenvalue weighted by molar-refractivity contribution is -0.122. The fourth-order valence-electron chi connectivity index (χ4n) is 7.22. The second-order valence-electron chi connectivity index (χ2n) is 15.7. The van der Waals surface area contributed by atoms with Crippen LogP contribution in [0.5, 0.6) is 0 Å². The highest BCUT2D eigenvalue weighted by atomic mass is 32.2. The summed E-state index contributed by atoms with van der Waals surface area (Å²) in [5.74, 6) is -0.880. The van der Waals surface area contributed by atoms with Crippen LogP contribution in [0.2, 0.25) is 0 Å². The number of hydrogen-bond acceptors (Lipinski definition) is 4. The molecule has 0 aromatic carbocycles. The summed E-state index contributed by atoms with van der Waals surface area (Å²) >= 11 is 0. The number of hydrogen-bond donors (Lipinski definition) is 3. The molecule has 0 aliphatic rings. The number of rotatable bonds is 41. The Morgan fingerprint density at radius 2 is 0.720 bits per heavy atom. The van der Waals surface area contributed by atoms with E-state index in [9.17, 15) is 22.9 Å². The van der Waals surface area contributed by atoms with Gasteiger partial charge in [-0.1, -0.05) is 232 Å². The van der Waals surface area contributed by atoms with Gasteiger partial charge in [0.15, 0.2) is 0 Å². The number of carbonyl (C=O) groups is 1. The van der Waals surface area contributed by atoms with Crippen molar-refractivity contribution in [1.82, 2.24) is 5.32 Å². The Balaban J connectivity index is 3.78. The smallest absolute Gasteiger partial charge is 0.266 e. The predicted molar refractivity (Wildman–Crippen MR) is 217 cm³/mol. The van der Waals surface area contributed by atoms with Crippen molar-refractivity contribution in [3.63, 3.8) is 0 Å². The monoisotopic (exact) mass is 730 g/mol. The number of aliphatic hydroxyl groups excluding tert-OH is 1. The third kappa shape index (κ3) is 38.6. The molecule has 0 aliphatic heterocycles. The maximum Gasteiger partial charge on any atom is 0.266 e. The fraction of sp³-hybridized carbons (Fsp3) is 0.977. The van der Waals surface area contributed by atoms with E-state index in [-0.39, 0.29) is 5.91 Å². The number of carbonyl (C=O) groups excluding carboxylic acids is 1. The highest BCUT2D eigenvalue weighted by Gasteiger charge is 2.26. The van der Waals surface area contributed by atoms with Crippen LogP contribution >= 0.6 is 0 Å². The lowest BCUT2D eigenvalue weighted by Gasteiger charge is -2.23. The molecule has 0 aliphatic carbocycles. The standard InChI is InChI=1S/C43H87NO5S/c1-3-5-7-9-11-13-15-17-19-21-23-24-26-28-30-32-34-36-38-42(45)41(40-50(47,48)49)44-43(46)39-37-35-33-31-29-27-25-22-20-18-16-14-12-10-8-6-4-2/h41-42,45H,3-40H2,1-2H3,(H,44,46)(H,47,48,49). The van der Waals surface area contributed by atoms with Crippen LogP contribution in [0.15, 0.2) is 0 Å². The minimum Gasteiger partial charge on any atom is -0.391 e. The molecule has 0 bridgehead atoms. The molecule has 3 N–H and O–H groups in total. The maximum absolute atomic E-state index is 12.5. The quantitative estimate of drug-likeness (QED) is 0.0429. The zero-order valence-electron chi connectivity index (χ0n) is 33.6. The van der Waals surface area contributed by atoms with Crippen LogP contribution in [-0.2, 0) is 14.9 Å². The first-order chi connectivity index (χ1) is 24.3. The Kier molecular flexibility index (Phi) is 37.6. The number of unbranched alkanes of at least 4 members (excludes halogenated alkanes) is 33.